The molecular weight excluding hydrogens is 285 g/mol. The Morgan fingerprint density at radius 3 is 2.57 bits per heavy atom. The zero-order chi connectivity index (χ0) is 15.2. The fourth-order valence-electron chi connectivity index (χ4n) is 2.59. The summed E-state index contributed by atoms with van der Waals surface area (Å²) in [4.78, 5) is 0. The Kier molecular flexibility index (Phi) is 5.77. The average molecular weight is 306 g/mol. The van der Waals surface area contributed by atoms with Crippen molar-refractivity contribution < 1.29 is 4.39 Å². The van der Waals surface area contributed by atoms with Crippen LogP contribution in [-0.2, 0) is 6.42 Å². The summed E-state index contributed by atoms with van der Waals surface area (Å²) < 4.78 is 13.2. The van der Waals surface area contributed by atoms with Crippen LogP contribution in [0, 0.1) is 5.82 Å². The van der Waals surface area contributed by atoms with E-state index in [1.165, 1.54) is 11.6 Å². The first kappa shape index (κ1) is 16.0. The van der Waals surface area contributed by atoms with Gasteiger partial charge in [0, 0.05) is 17.1 Å². The third-order valence-electron chi connectivity index (χ3n) is 3.58. The van der Waals surface area contributed by atoms with Crippen molar-refractivity contribution in [2.24, 2.45) is 0 Å². The van der Waals surface area contributed by atoms with E-state index in [4.69, 9.17) is 11.6 Å². The van der Waals surface area contributed by atoms with Crippen LogP contribution in [0.15, 0.2) is 48.5 Å². The molecule has 0 fully saturated rings. The van der Waals surface area contributed by atoms with Gasteiger partial charge in [-0.05, 0) is 55.2 Å². The summed E-state index contributed by atoms with van der Waals surface area (Å²) in [5, 5.41) is 4.35. The van der Waals surface area contributed by atoms with Crippen molar-refractivity contribution in [3.8, 4) is 0 Å². The summed E-state index contributed by atoms with van der Waals surface area (Å²) in [6.07, 6.45) is 1.78. The predicted molar refractivity (Wildman–Crippen MR) is 87.2 cm³/mol. The zero-order valence-electron chi connectivity index (χ0n) is 12.4. The maximum absolute atomic E-state index is 13.2. The summed E-state index contributed by atoms with van der Waals surface area (Å²) in [6.45, 7) is 4.27. The minimum atomic E-state index is -0.179. The minimum Gasteiger partial charge on any atom is -0.307 e. The van der Waals surface area contributed by atoms with E-state index in [0.717, 1.165) is 23.4 Å². The molecule has 2 unspecified atom stereocenters. The third-order valence-corrected chi connectivity index (χ3v) is 3.81. The van der Waals surface area contributed by atoms with Crippen LogP contribution in [0.25, 0.3) is 0 Å². The van der Waals surface area contributed by atoms with E-state index in [0.29, 0.717) is 0 Å². The van der Waals surface area contributed by atoms with Crippen LogP contribution < -0.4 is 5.32 Å². The molecule has 0 spiro atoms. The Morgan fingerprint density at radius 2 is 1.90 bits per heavy atom. The molecule has 112 valence electrons. The maximum atomic E-state index is 13.2. The number of rotatable bonds is 6. The van der Waals surface area contributed by atoms with Crippen LogP contribution in [0.1, 0.15) is 37.4 Å². The molecule has 0 amide bonds. The number of halogens is 2. The van der Waals surface area contributed by atoms with Gasteiger partial charge in [0.15, 0.2) is 0 Å². The molecular formula is C18H21ClFN. The van der Waals surface area contributed by atoms with Gasteiger partial charge in [-0.2, -0.15) is 0 Å². The largest absolute Gasteiger partial charge is 0.307 e. The smallest absolute Gasteiger partial charge is 0.123 e. The standard InChI is InChI=1S/C18H21ClFN/c1-3-18(15-7-5-8-16(19)12-15)21-13(2)10-14-6-4-9-17(20)11-14/h4-9,11-13,18,21H,3,10H2,1-2H3. The lowest BCUT2D eigenvalue weighted by molar-refractivity contribution is 0.443. The molecule has 0 saturated heterocycles. The second-order valence-electron chi connectivity index (χ2n) is 5.42. The molecule has 1 N–H and O–H groups in total. The molecule has 0 heterocycles. The Morgan fingerprint density at radius 1 is 1.14 bits per heavy atom. The molecule has 2 aromatic carbocycles. The Hall–Kier alpha value is -1.38. The van der Waals surface area contributed by atoms with Gasteiger partial charge < -0.3 is 5.32 Å². The second kappa shape index (κ2) is 7.58. The predicted octanol–water partition coefficient (Wildman–Crippen LogP) is 5.15. The van der Waals surface area contributed by atoms with Crippen LogP contribution >= 0.6 is 11.6 Å². The second-order valence-corrected chi connectivity index (χ2v) is 5.85. The molecule has 1 nitrogen and oxygen atoms in total. The van der Waals surface area contributed by atoms with Crippen molar-refractivity contribution in [1.82, 2.24) is 5.32 Å². The normalized spacial score (nSPS) is 13.9. The molecule has 0 aliphatic carbocycles. The van der Waals surface area contributed by atoms with Gasteiger partial charge in [-0.3, -0.25) is 0 Å². The first-order valence-corrected chi connectivity index (χ1v) is 7.72. The van der Waals surface area contributed by atoms with E-state index in [1.807, 2.05) is 24.3 Å². The first-order chi connectivity index (χ1) is 10.1. The van der Waals surface area contributed by atoms with Crippen molar-refractivity contribution in [1.29, 1.82) is 0 Å². The van der Waals surface area contributed by atoms with Crippen LogP contribution in [0.4, 0.5) is 4.39 Å². The molecule has 0 aliphatic rings. The van der Waals surface area contributed by atoms with Gasteiger partial charge in [-0.15, -0.1) is 0 Å². The molecule has 0 aliphatic heterocycles. The Bertz CT molecular complexity index is 585. The number of hydrogen-bond donors (Lipinski definition) is 1. The lowest BCUT2D eigenvalue weighted by Crippen LogP contribution is -2.32. The van der Waals surface area contributed by atoms with Crippen LogP contribution in [0.3, 0.4) is 0 Å². The third kappa shape index (κ3) is 4.83. The lowest BCUT2D eigenvalue weighted by Gasteiger charge is -2.23. The SMILES string of the molecule is CCC(NC(C)Cc1cccc(F)c1)c1cccc(Cl)c1. The van der Waals surface area contributed by atoms with Gasteiger partial charge in [0.2, 0.25) is 0 Å². The zero-order valence-corrected chi connectivity index (χ0v) is 13.2. The minimum absolute atomic E-state index is 0.179. The summed E-state index contributed by atoms with van der Waals surface area (Å²) in [7, 11) is 0. The molecule has 0 bridgehead atoms. The van der Waals surface area contributed by atoms with Crippen molar-refractivity contribution in [3.63, 3.8) is 0 Å². The molecule has 3 heteroatoms. The number of benzene rings is 2. The molecule has 21 heavy (non-hydrogen) atoms. The van der Waals surface area contributed by atoms with Gasteiger partial charge in [0.25, 0.3) is 0 Å². The first-order valence-electron chi connectivity index (χ1n) is 7.34. The fraction of sp³-hybridized carbons (Fsp3) is 0.333. The number of nitrogens with one attached hydrogen (secondary N) is 1. The van der Waals surface area contributed by atoms with Crippen LogP contribution in [0.2, 0.25) is 5.02 Å². The highest BCUT2D eigenvalue weighted by atomic mass is 35.5. The van der Waals surface area contributed by atoms with Crippen molar-refractivity contribution in [2.45, 2.75) is 38.8 Å². The van der Waals surface area contributed by atoms with E-state index in [1.54, 1.807) is 12.1 Å². The molecule has 0 aromatic heterocycles. The van der Waals surface area contributed by atoms with Crippen molar-refractivity contribution >= 4 is 11.6 Å². The van der Waals surface area contributed by atoms with Gasteiger partial charge in [0.05, 0.1) is 0 Å². The molecule has 2 atom stereocenters. The van der Waals surface area contributed by atoms with E-state index in [9.17, 15) is 4.39 Å². The topological polar surface area (TPSA) is 12.0 Å². The highest BCUT2D eigenvalue weighted by Gasteiger charge is 2.13. The molecule has 0 radical (unpaired) electrons. The summed E-state index contributed by atoms with van der Waals surface area (Å²) in [6, 6.07) is 15.2. The van der Waals surface area contributed by atoms with Crippen molar-refractivity contribution in [3.05, 3.63) is 70.5 Å². The summed E-state index contributed by atoms with van der Waals surface area (Å²) >= 11 is 6.06. The monoisotopic (exact) mass is 305 g/mol. The maximum Gasteiger partial charge on any atom is 0.123 e. The fourth-order valence-corrected chi connectivity index (χ4v) is 2.79. The highest BCUT2D eigenvalue weighted by molar-refractivity contribution is 6.30. The van der Waals surface area contributed by atoms with Gasteiger partial charge >= 0.3 is 0 Å². The summed E-state index contributed by atoms with van der Waals surface area (Å²) in [5.74, 6) is -0.179. The molecule has 2 rings (SSSR count). The van der Waals surface area contributed by atoms with Gasteiger partial charge in [0.1, 0.15) is 5.82 Å². The number of hydrogen-bond acceptors (Lipinski definition) is 1. The Balaban J connectivity index is 2.01. The van der Waals surface area contributed by atoms with Gasteiger partial charge in [-0.1, -0.05) is 42.8 Å². The van der Waals surface area contributed by atoms with Crippen molar-refractivity contribution in [2.75, 3.05) is 0 Å². The van der Waals surface area contributed by atoms with E-state index >= 15 is 0 Å². The van der Waals surface area contributed by atoms with Gasteiger partial charge in [-0.25, -0.2) is 4.39 Å². The highest BCUT2D eigenvalue weighted by Crippen LogP contribution is 2.21. The quantitative estimate of drug-likeness (QED) is 0.778. The van der Waals surface area contributed by atoms with Crippen LogP contribution in [-0.4, -0.2) is 6.04 Å². The van der Waals surface area contributed by atoms with E-state index in [2.05, 4.69) is 25.2 Å². The molecule has 0 saturated carbocycles. The lowest BCUT2D eigenvalue weighted by atomic mass is 10.0. The Labute approximate surface area is 131 Å². The van der Waals surface area contributed by atoms with E-state index < -0.39 is 0 Å². The van der Waals surface area contributed by atoms with Crippen LogP contribution in [0.5, 0.6) is 0 Å². The molecule has 2 aromatic rings. The summed E-state index contributed by atoms with van der Waals surface area (Å²) in [5.41, 5.74) is 2.20. The van der Waals surface area contributed by atoms with E-state index in [-0.39, 0.29) is 17.9 Å². The average Bonchev–Trinajstić information content (AvgIpc) is 2.44.